The fraction of sp³-hybridized carbons (Fsp3) is 0.450. The predicted octanol–water partition coefficient (Wildman–Crippen LogP) is 3.37. The third kappa shape index (κ3) is 3.37. The number of hydrogen-bond acceptors (Lipinski definition) is 5. The summed E-state index contributed by atoms with van der Waals surface area (Å²) in [4.78, 5) is 18.0. The Labute approximate surface area is 164 Å². The van der Waals surface area contributed by atoms with Crippen LogP contribution in [0.15, 0.2) is 40.2 Å². The van der Waals surface area contributed by atoms with Crippen LogP contribution < -0.4 is 5.56 Å². The largest absolute Gasteiger partial charge is 0.312 e. The maximum atomic E-state index is 12.8. The number of benzene rings is 1. The van der Waals surface area contributed by atoms with E-state index in [2.05, 4.69) is 10.1 Å². The van der Waals surface area contributed by atoms with Crippen LogP contribution in [-0.4, -0.2) is 29.1 Å². The van der Waals surface area contributed by atoms with Gasteiger partial charge in [-0.05, 0) is 36.5 Å². The number of aromatic nitrogens is 4. The fourth-order valence-corrected chi connectivity index (χ4v) is 4.16. The summed E-state index contributed by atoms with van der Waals surface area (Å²) in [5, 5.41) is 4.49. The lowest BCUT2D eigenvalue weighted by Crippen LogP contribution is -2.24. The van der Waals surface area contributed by atoms with Crippen molar-refractivity contribution in [2.24, 2.45) is 0 Å². The molecule has 8 heteroatoms. The highest BCUT2D eigenvalue weighted by Gasteiger charge is 2.29. The molecule has 28 heavy (non-hydrogen) atoms. The molecule has 1 N–H and O–H groups in total. The van der Waals surface area contributed by atoms with Crippen molar-refractivity contribution >= 4 is 15.5 Å². The van der Waals surface area contributed by atoms with E-state index in [9.17, 15) is 9.00 Å². The van der Waals surface area contributed by atoms with Crippen LogP contribution in [0, 0.1) is 4.78 Å². The van der Waals surface area contributed by atoms with Crippen LogP contribution in [0.25, 0.3) is 5.78 Å². The maximum absolute atomic E-state index is 12.8. The molecule has 1 unspecified atom stereocenters. The van der Waals surface area contributed by atoms with E-state index in [4.69, 9.17) is 4.78 Å². The van der Waals surface area contributed by atoms with E-state index in [1.54, 1.807) is 19.1 Å². The Bertz CT molecular complexity index is 1190. The second-order valence-electron chi connectivity index (χ2n) is 7.74. The van der Waals surface area contributed by atoms with E-state index in [1.165, 1.54) is 4.52 Å². The second-order valence-corrected chi connectivity index (χ2v) is 10.1. The molecule has 0 bridgehead atoms. The van der Waals surface area contributed by atoms with Crippen molar-refractivity contribution in [1.82, 2.24) is 19.2 Å². The van der Waals surface area contributed by atoms with E-state index >= 15 is 0 Å². The molecule has 1 fully saturated rings. The van der Waals surface area contributed by atoms with Gasteiger partial charge in [0.2, 0.25) is 5.78 Å². The molecule has 0 aliphatic heterocycles. The number of nitrogens with zero attached hydrogens (tertiary/aromatic N) is 4. The van der Waals surface area contributed by atoms with Gasteiger partial charge in [0.25, 0.3) is 5.56 Å². The molecule has 1 aromatic carbocycles. The minimum absolute atomic E-state index is 0.0802. The highest BCUT2D eigenvalue weighted by atomic mass is 32.2. The third-order valence-corrected chi connectivity index (χ3v) is 7.07. The standard InChI is InChI=1S/C20H25N5O2S/c1-4-28(21,27)16-9-5-14(6-10-16)11-24-12-17(13(2)3)19(26)25-20(24)22-18(23-25)15-7-8-15/h5-6,9-10,12-13,15,21H,4,7-8,11H2,1-3H3. The monoisotopic (exact) mass is 399 g/mol. The average Bonchev–Trinajstić information content (AvgIpc) is 3.42. The Hall–Kier alpha value is -2.48. The van der Waals surface area contributed by atoms with Gasteiger partial charge >= 0.3 is 0 Å². The molecule has 148 valence electrons. The minimum Gasteiger partial charge on any atom is -0.312 e. The molecule has 1 aliphatic rings. The van der Waals surface area contributed by atoms with Gasteiger partial charge in [0.05, 0.1) is 16.3 Å². The molecule has 1 atom stereocenters. The van der Waals surface area contributed by atoms with Gasteiger partial charge in [-0.1, -0.05) is 32.9 Å². The van der Waals surface area contributed by atoms with E-state index in [1.807, 2.05) is 36.7 Å². The Morgan fingerprint density at radius 2 is 1.93 bits per heavy atom. The topological polar surface area (TPSA) is 93.1 Å². The molecular weight excluding hydrogens is 374 g/mol. The molecule has 7 nitrogen and oxygen atoms in total. The molecule has 3 aromatic rings. The van der Waals surface area contributed by atoms with Crippen LogP contribution in [0.1, 0.15) is 62.4 Å². The highest BCUT2D eigenvalue weighted by Crippen LogP contribution is 2.38. The molecule has 1 saturated carbocycles. The van der Waals surface area contributed by atoms with Crippen LogP contribution in [0.2, 0.25) is 0 Å². The Morgan fingerprint density at radius 1 is 1.25 bits per heavy atom. The van der Waals surface area contributed by atoms with Crippen LogP contribution in [-0.2, 0) is 16.3 Å². The van der Waals surface area contributed by atoms with Crippen molar-refractivity contribution in [3.8, 4) is 0 Å². The lowest BCUT2D eigenvalue weighted by atomic mass is 10.1. The summed E-state index contributed by atoms with van der Waals surface area (Å²) in [5.74, 6) is 2.05. The van der Waals surface area contributed by atoms with Crippen molar-refractivity contribution in [1.29, 1.82) is 4.78 Å². The zero-order valence-electron chi connectivity index (χ0n) is 16.4. The molecular formula is C20H25N5O2S. The number of rotatable bonds is 6. The van der Waals surface area contributed by atoms with Gasteiger partial charge in [-0.15, -0.1) is 5.10 Å². The molecule has 2 heterocycles. The Morgan fingerprint density at radius 3 is 2.50 bits per heavy atom. The van der Waals surface area contributed by atoms with E-state index in [0.717, 1.165) is 24.2 Å². The fourth-order valence-electron chi connectivity index (χ4n) is 3.25. The van der Waals surface area contributed by atoms with E-state index < -0.39 is 9.73 Å². The molecule has 0 saturated heterocycles. The van der Waals surface area contributed by atoms with Gasteiger partial charge in [-0.3, -0.25) is 4.79 Å². The Kier molecular flexibility index (Phi) is 4.61. The molecule has 2 aromatic heterocycles. The van der Waals surface area contributed by atoms with Gasteiger partial charge in [0.15, 0.2) is 5.82 Å². The van der Waals surface area contributed by atoms with Gasteiger partial charge in [-0.25, -0.2) is 8.99 Å². The van der Waals surface area contributed by atoms with Gasteiger partial charge < -0.3 is 4.57 Å². The van der Waals surface area contributed by atoms with Crippen molar-refractivity contribution in [2.75, 3.05) is 5.75 Å². The Balaban J connectivity index is 1.77. The summed E-state index contributed by atoms with van der Waals surface area (Å²) in [6.07, 6.45) is 4.03. The number of hydrogen-bond donors (Lipinski definition) is 1. The van der Waals surface area contributed by atoms with Gasteiger partial charge in [0.1, 0.15) is 0 Å². The lowest BCUT2D eigenvalue weighted by Gasteiger charge is -2.13. The summed E-state index contributed by atoms with van der Waals surface area (Å²) >= 11 is 0. The van der Waals surface area contributed by atoms with E-state index in [-0.39, 0.29) is 11.5 Å². The van der Waals surface area contributed by atoms with Crippen LogP contribution in [0.3, 0.4) is 0 Å². The first-order valence-corrected chi connectivity index (χ1v) is 11.4. The van der Waals surface area contributed by atoms with Crippen LogP contribution >= 0.6 is 0 Å². The first kappa shape index (κ1) is 18.9. The molecule has 0 spiro atoms. The lowest BCUT2D eigenvalue weighted by molar-refractivity contribution is 0.675. The zero-order chi connectivity index (χ0) is 20.1. The van der Waals surface area contributed by atoms with Crippen molar-refractivity contribution < 1.29 is 4.21 Å². The zero-order valence-corrected chi connectivity index (χ0v) is 17.2. The number of nitrogens with one attached hydrogen (secondary N) is 1. The molecule has 4 rings (SSSR count). The van der Waals surface area contributed by atoms with Crippen LogP contribution in [0.5, 0.6) is 0 Å². The highest BCUT2D eigenvalue weighted by molar-refractivity contribution is 7.92. The van der Waals surface area contributed by atoms with Gasteiger partial charge in [-0.2, -0.15) is 9.50 Å². The maximum Gasteiger partial charge on any atom is 0.279 e. The third-order valence-electron chi connectivity index (χ3n) is 5.23. The molecule has 0 amide bonds. The molecule has 1 aliphatic carbocycles. The quantitative estimate of drug-likeness (QED) is 0.688. The minimum atomic E-state index is -2.72. The smallest absolute Gasteiger partial charge is 0.279 e. The molecule has 0 radical (unpaired) electrons. The first-order chi connectivity index (χ1) is 13.3. The summed E-state index contributed by atoms with van der Waals surface area (Å²) in [7, 11) is -2.72. The summed E-state index contributed by atoms with van der Waals surface area (Å²) in [6.45, 7) is 6.28. The van der Waals surface area contributed by atoms with Crippen molar-refractivity contribution in [2.45, 2.75) is 56.9 Å². The van der Waals surface area contributed by atoms with Gasteiger partial charge in [0, 0.05) is 28.3 Å². The van der Waals surface area contributed by atoms with Crippen LogP contribution in [0.4, 0.5) is 0 Å². The normalized spacial score (nSPS) is 16.6. The summed E-state index contributed by atoms with van der Waals surface area (Å²) < 4.78 is 23.6. The first-order valence-electron chi connectivity index (χ1n) is 9.65. The predicted molar refractivity (Wildman–Crippen MR) is 109 cm³/mol. The number of fused-ring (bicyclic) bond motifs is 1. The van der Waals surface area contributed by atoms with E-state index in [0.29, 0.717) is 34.5 Å². The summed E-state index contributed by atoms with van der Waals surface area (Å²) in [6, 6.07) is 7.30. The SMILES string of the molecule is CCS(=N)(=O)c1ccc(Cn2cc(C(C)C)c(=O)n3nc(C4CC4)nc23)cc1. The van der Waals surface area contributed by atoms with Crippen molar-refractivity contribution in [3.63, 3.8) is 0 Å². The average molecular weight is 400 g/mol. The van der Waals surface area contributed by atoms with Crippen molar-refractivity contribution in [3.05, 3.63) is 57.8 Å². The second kappa shape index (κ2) is 6.84. The summed E-state index contributed by atoms with van der Waals surface area (Å²) in [5.41, 5.74) is 1.59.